The molecule has 4 heterocycles. The second kappa shape index (κ2) is 9.85. The van der Waals surface area contributed by atoms with Crippen LogP contribution in [0.25, 0.3) is 10.8 Å². The Hall–Kier alpha value is -3.76. The van der Waals surface area contributed by atoms with E-state index in [9.17, 15) is 0 Å². The average Bonchev–Trinajstić information content (AvgIpc) is 3.39. The Morgan fingerprint density at radius 3 is 2.91 bits per heavy atom. The predicted octanol–water partition coefficient (Wildman–Crippen LogP) is 3.48. The minimum absolute atomic E-state index is 0.0880. The summed E-state index contributed by atoms with van der Waals surface area (Å²) in [7, 11) is 2.12. The maximum absolute atomic E-state index is 8.56. The van der Waals surface area contributed by atoms with Crippen molar-refractivity contribution in [1.82, 2.24) is 30.0 Å². The highest BCUT2D eigenvalue weighted by atomic mass is 35.5. The minimum atomic E-state index is 0.0880. The zero-order valence-corrected chi connectivity index (χ0v) is 20.0. The number of benzene rings is 1. The Morgan fingerprint density at radius 2 is 2.14 bits per heavy atom. The number of piperidine rings is 1. The number of nitrogens with one attached hydrogen (secondary N) is 3. The first kappa shape index (κ1) is 23.0. The summed E-state index contributed by atoms with van der Waals surface area (Å²) in [6, 6.07) is 7.73. The van der Waals surface area contributed by atoms with Crippen LogP contribution >= 0.6 is 11.6 Å². The summed E-state index contributed by atoms with van der Waals surface area (Å²) >= 11 is 6.54. The lowest BCUT2D eigenvalue weighted by atomic mass is 10.1. The zero-order chi connectivity index (χ0) is 24.4. The van der Waals surface area contributed by atoms with E-state index in [1.54, 1.807) is 12.4 Å². The number of H-pyrrole nitrogens is 1. The van der Waals surface area contributed by atoms with Crippen LogP contribution in [0.2, 0.25) is 5.02 Å². The number of rotatable bonds is 7. The standard InChI is InChI=1S/C24H26ClN9O/c1-34-7-5-17(6-8-34)35-24-19-14(3-2-4-18(19)25)9-16(33-24)12-28-23-20(22(27)29-13-30-23)21(26)15-10-31-32-11-15/h2-4,9-11,13,17,26H,5-8,12H2,1H3,(H,31,32)(H3,27,28,29,30). The number of nitrogens with zero attached hydrogens (tertiary/aromatic N) is 5. The van der Waals surface area contributed by atoms with E-state index in [2.05, 4.69) is 37.4 Å². The number of halogens is 1. The maximum Gasteiger partial charge on any atom is 0.223 e. The van der Waals surface area contributed by atoms with Crippen LogP contribution in [-0.2, 0) is 6.54 Å². The highest BCUT2D eigenvalue weighted by Crippen LogP contribution is 2.33. The molecule has 0 spiro atoms. The molecule has 0 bridgehead atoms. The Kier molecular flexibility index (Phi) is 6.47. The van der Waals surface area contributed by atoms with Crippen molar-refractivity contribution in [2.45, 2.75) is 25.5 Å². The molecule has 0 unspecified atom stereocenters. The Balaban J connectivity index is 1.44. The van der Waals surface area contributed by atoms with Gasteiger partial charge in [0.1, 0.15) is 24.1 Å². The molecule has 5 N–H and O–H groups in total. The predicted molar refractivity (Wildman–Crippen MR) is 136 cm³/mol. The van der Waals surface area contributed by atoms with E-state index >= 15 is 0 Å². The number of nitrogen functional groups attached to an aromatic ring is 1. The molecule has 35 heavy (non-hydrogen) atoms. The van der Waals surface area contributed by atoms with Crippen LogP contribution in [0.5, 0.6) is 5.88 Å². The number of fused-ring (bicyclic) bond motifs is 1. The molecule has 11 heteroatoms. The van der Waals surface area contributed by atoms with Crippen molar-refractivity contribution in [3.05, 3.63) is 64.8 Å². The van der Waals surface area contributed by atoms with Crippen molar-refractivity contribution in [2.24, 2.45) is 0 Å². The molecule has 0 amide bonds. The quantitative estimate of drug-likeness (QED) is 0.288. The third kappa shape index (κ3) is 4.89. The van der Waals surface area contributed by atoms with Gasteiger partial charge in [0.05, 0.1) is 40.1 Å². The first-order chi connectivity index (χ1) is 17.0. The van der Waals surface area contributed by atoms with E-state index in [4.69, 9.17) is 32.5 Å². The molecule has 0 atom stereocenters. The fraction of sp³-hybridized carbons (Fsp3) is 0.292. The fourth-order valence-electron chi connectivity index (χ4n) is 4.21. The van der Waals surface area contributed by atoms with Crippen molar-refractivity contribution in [2.75, 3.05) is 31.2 Å². The maximum atomic E-state index is 8.56. The third-order valence-corrected chi connectivity index (χ3v) is 6.44. The Labute approximate surface area is 207 Å². The number of anilines is 2. The molecule has 0 radical (unpaired) electrons. The monoisotopic (exact) mass is 491 g/mol. The summed E-state index contributed by atoms with van der Waals surface area (Å²) < 4.78 is 6.38. The van der Waals surface area contributed by atoms with Crippen LogP contribution in [-0.4, -0.2) is 62.0 Å². The van der Waals surface area contributed by atoms with Gasteiger partial charge in [0, 0.05) is 24.8 Å². The van der Waals surface area contributed by atoms with Gasteiger partial charge in [0.2, 0.25) is 5.88 Å². The summed E-state index contributed by atoms with van der Waals surface area (Å²) in [6.07, 6.45) is 6.51. The van der Waals surface area contributed by atoms with Gasteiger partial charge in [-0.2, -0.15) is 5.10 Å². The van der Waals surface area contributed by atoms with Crippen LogP contribution in [0.1, 0.15) is 29.7 Å². The van der Waals surface area contributed by atoms with E-state index in [0.29, 0.717) is 34.4 Å². The molecule has 5 rings (SSSR count). The first-order valence-electron chi connectivity index (χ1n) is 11.4. The number of pyridine rings is 1. The van der Waals surface area contributed by atoms with Gasteiger partial charge in [-0.3, -0.25) is 10.5 Å². The van der Waals surface area contributed by atoms with Crippen molar-refractivity contribution in [3.8, 4) is 5.88 Å². The molecule has 180 valence electrons. The molecular formula is C24H26ClN9O. The van der Waals surface area contributed by atoms with E-state index < -0.39 is 0 Å². The topological polar surface area (TPSA) is 142 Å². The highest BCUT2D eigenvalue weighted by Gasteiger charge is 2.21. The zero-order valence-electron chi connectivity index (χ0n) is 19.3. The number of hydrogen-bond donors (Lipinski definition) is 4. The summed E-state index contributed by atoms with van der Waals surface area (Å²) in [6.45, 7) is 2.31. The van der Waals surface area contributed by atoms with E-state index in [1.807, 2.05) is 24.3 Å². The molecule has 1 aliphatic heterocycles. The summed E-state index contributed by atoms with van der Waals surface area (Å²) in [5.41, 5.74) is 8.02. The smallest absolute Gasteiger partial charge is 0.223 e. The minimum Gasteiger partial charge on any atom is -0.474 e. The molecule has 1 aliphatic rings. The SMILES string of the molecule is CN1CCC(Oc2nc(CNc3ncnc(N)c3C(=N)c3cn[nH]c3)cc3cccc(Cl)c23)CC1. The van der Waals surface area contributed by atoms with Gasteiger partial charge in [-0.1, -0.05) is 23.7 Å². The van der Waals surface area contributed by atoms with Crippen LogP contribution in [0.15, 0.2) is 43.0 Å². The number of ether oxygens (including phenoxy) is 1. The Bertz CT molecular complexity index is 1350. The van der Waals surface area contributed by atoms with Crippen LogP contribution in [0.3, 0.4) is 0 Å². The second-order valence-corrected chi connectivity index (χ2v) is 8.98. The largest absolute Gasteiger partial charge is 0.474 e. The highest BCUT2D eigenvalue weighted by molar-refractivity contribution is 6.36. The van der Waals surface area contributed by atoms with Crippen LogP contribution in [0, 0.1) is 5.41 Å². The van der Waals surface area contributed by atoms with Gasteiger partial charge in [-0.05, 0) is 37.4 Å². The van der Waals surface area contributed by atoms with Gasteiger partial charge < -0.3 is 20.7 Å². The second-order valence-electron chi connectivity index (χ2n) is 8.58. The van der Waals surface area contributed by atoms with Gasteiger partial charge in [-0.25, -0.2) is 15.0 Å². The molecular weight excluding hydrogens is 466 g/mol. The van der Waals surface area contributed by atoms with Gasteiger partial charge in [0.25, 0.3) is 0 Å². The fourth-order valence-corrected chi connectivity index (χ4v) is 4.47. The van der Waals surface area contributed by atoms with Crippen molar-refractivity contribution < 1.29 is 4.74 Å². The van der Waals surface area contributed by atoms with Gasteiger partial charge in [0.15, 0.2) is 0 Å². The van der Waals surface area contributed by atoms with Crippen molar-refractivity contribution >= 4 is 39.7 Å². The Morgan fingerprint density at radius 1 is 1.31 bits per heavy atom. The van der Waals surface area contributed by atoms with E-state index in [0.717, 1.165) is 42.4 Å². The number of hydrogen-bond acceptors (Lipinski definition) is 9. The first-order valence-corrected chi connectivity index (χ1v) is 11.7. The molecule has 1 saturated heterocycles. The van der Waals surface area contributed by atoms with Crippen LogP contribution < -0.4 is 15.8 Å². The van der Waals surface area contributed by atoms with Crippen molar-refractivity contribution in [3.63, 3.8) is 0 Å². The van der Waals surface area contributed by atoms with Crippen LogP contribution in [0.4, 0.5) is 11.6 Å². The molecule has 1 fully saturated rings. The number of nitrogens with two attached hydrogens (primary N) is 1. The van der Waals surface area contributed by atoms with Crippen molar-refractivity contribution in [1.29, 1.82) is 5.41 Å². The summed E-state index contributed by atoms with van der Waals surface area (Å²) in [5, 5.41) is 20.8. The molecule has 0 aliphatic carbocycles. The summed E-state index contributed by atoms with van der Waals surface area (Å²) in [4.78, 5) is 15.5. The number of aromatic amines is 1. The molecule has 1 aromatic carbocycles. The van der Waals surface area contributed by atoms with E-state index in [1.165, 1.54) is 6.33 Å². The van der Waals surface area contributed by atoms with Gasteiger partial charge >= 0.3 is 0 Å². The van der Waals surface area contributed by atoms with E-state index in [-0.39, 0.29) is 17.6 Å². The summed E-state index contributed by atoms with van der Waals surface area (Å²) in [5.74, 6) is 1.18. The van der Waals surface area contributed by atoms with Gasteiger partial charge in [-0.15, -0.1) is 0 Å². The molecule has 3 aromatic heterocycles. The molecule has 10 nitrogen and oxygen atoms in total. The normalized spacial score (nSPS) is 14.8. The third-order valence-electron chi connectivity index (χ3n) is 6.12. The lowest BCUT2D eigenvalue weighted by Crippen LogP contribution is -2.35. The number of likely N-dealkylation sites (tertiary alicyclic amines) is 1. The number of aromatic nitrogens is 5. The average molecular weight is 492 g/mol. The molecule has 0 saturated carbocycles. The molecule has 4 aromatic rings. The lowest BCUT2D eigenvalue weighted by Gasteiger charge is -2.29. The lowest BCUT2D eigenvalue weighted by molar-refractivity contribution is 0.111.